The van der Waals surface area contributed by atoms with Crippen LogP contribution in [0.25, 0.3) is 6.08 Å². The highest BCUT2D eigenvalue weighted by Crippen LogP contribution is 2.28. The normalized spacial score (nSPS) is 10.3. The Kier molecular flexibility index (Phi) is 6.37. The Hall–Kier alpha value is -2.23. The van der Waals surface area contributed by atoms with Gasteiger partial charge >= 0.3 is 0 Å². The van der Waals surface area contributed by atoms with Crippen LogP contribution in [0.4, 0.5) is 0 Å². The van der Waals surface area contributed by atoms with E-state index in [0.717, 1.165) is 5.56 Å². The van der Waals surface area contributed by atoms with Crippen molar-refractivity contribution in [1.82, 2.24) is 4.90 Å². The predicted molar refractivity (Wildman–Crippen MR) is 81.0 cm³/mol. The van der Waals surface area contributed by atoms with Crippen molar-refractivity contribution >= 4 is 12.0 Å². The molecule has 0 radical (unpaired) electrons. The van der Waals surface area contributed by atoms with Gasteiger partial charge in [0.15, 0.2) is 11.5 Å². The number of likely N-dealkylation sites (N-methyl/N-ethyl adjacent to an activating group) is 1. The van der Waals surface area contributed by atoms with Crippen LogP contribution in [0.2, 0.25) is 0 Å². The van der Waals surface area contributed by atoms with Gasteiger partial charge in [0.1, 0.15) is 6.61 Å². The monoisotopic (exact) mass is 275 g/mol. The van der Waals surface area contributed by atoms with Crippen LogP contribution in [0.5, 0.6) is 11.5 Å². The standard InChI is InChI=1S/C16H21NO3/c1-5-11-20-14-9-7-13(12-15(14)19-4)8-10-16(18)17(3)6-2/h5,7-10,12H,1,6,11H2,2-4H3/b10-8+. The Balaban J connectivity index is 2.84. The minimum Gasteiger partial charge on any atom is -0.493 e. The van der Waals surface area contributed by atoms with Crippen molar-refractivity contribution in [2.24, 2.45) is 0 Å². The third-order valence-corrected chi connectivity index (χ3v) is 2.81. The minimum atomic E-state index is -0.0292. The van der Waals surface area contributed by atoms with E-state index in [2.05, 4.69) is 6.58 Å². The maximum atomic E-state index is 11.7. The van der Waals surface area contributed by atoms with E-state index in [0.29, 0.717) is 24.7 Å². The van der Waals surface area contributed by atoms with E-state index in [9.17, 15) is 4.79 Å². The average Bonchev–Trinajstić information content (AvgIpc) is 2.49. The smallest absolute Gasteiger partial charge is 0.246 e. The highest BCUT2D eigenvalue weighted by atomic mass is 16.5. The topological polar surface area (TPSA) is 38.8 Å². The molecule has 0 atom stereocenters. The first-order valence-corrected chi connectivity index (χ1v) is 6.47. The molecule has 20 heavy (non-hydrogen) atoms. The molecule has 0 saturated heterocycles. The number of nitrogens with zero attached hydrogens (tertiary/aromatic N) is 1. The molecule has 1 rings (SSSR count). The number of carbonyl (C=O) groups is 1. The fourth-order valence-corrected chi connectivity index (χ4v) is 1.51. The van der Waals surface area contributed by atoms with Crippen LogP contribution in [0.3, 0.4) is 0 Å². The Morgan fingerprint density at radius 2 is 2.15 bits per heavy atom. The van der Waals surface area contributed by atoms with Crippen molar-refractivity contribution in [1.29, 1.82) is 0 Å². The largest absolute Gasteiger partial charge is 0.493 e. The zero-order valence-electron chi connectivity index (χ0n) is 12.3. The number of ether oxygens (including phenoxy) is 2. The highest BCUT2D eigenvalue weighted by molar-refractivity contribution is 5.91. The van der Waals surface area contributed by atoms with Gasteiger partial charge in [-0.05, 0) is 30.7 Å². The lowest BCUT2D eigenvalue weighted by Crippen LogP contribution is -2.23. The summed E-state index contributed by atoms with van der Waals surface area (Å²) in [4.78, 5) is 13.3. The van der Waals surface area contributed by atoms with Gasteiger partial charge in [-0.2, -0.15) is 0 Å². The fourth-order valence-electron chi connectivity index (χ4n) is 1.51. The zero-order valence-corrected chi connectivity index (χ0v) is 12.3. The summed E-state index contributed by atoms with van der Waals surface area (Å²) in [5.41, 5.74) is 0.880. The molecule has 0 N–H and O–H groups in total. The molecule has 0 unspecified atom stereocenters. The molecule has 0 heterocycles. The first-order valence-electron chi connectivity index (χ1n) is 6.47. The molecule has 0 spiro atoms. The molecule has 0 aliphatic carbocycles. The molecule has 0 aromatic heterocycles. The lowest BCUT2D eigenvalue weighted by molar-refractivity contribution is -0.124. The van der Waals surface area contributed by atoms with Crippen molar-refractivity contribution < 1.29 is 14.3 Å². The predicted octanol–water partition coefficient (Wildman–Crippen LogP) is 2.75. The Morgan fingerprint density at radius 3 is 2.75 bits per heavy atom. The second kappa shape index (κ2) is 8.04. The number of hydrogen-bond acceptors (Lipinski definition) is 3. The molecular formula is C16H21NO3. The Morgan fingerprint density at radius 1 is 1.40 bits per heavy atom. The quantitative estimate of drug-likeness (QED) is 0.567. The van der Waals surface area contributed by atoms with E-state index in [1.165, 1.54) is 0 Å². The first kappa shape index (κ1) is 15.8. The summed E-state index contributed by atoms with van der Waals surface area (Å²) < 4.78 is 10.7. The summed E-state index contributed by atoms with van der Waals surface area (Å²) in [5, 5.41) is 0. The fraction of sp³-hybridized carbons (Fsp3) is 0.312. The molecule has 0 fully saturated rings. The molecule has 108 valence electrons. The molecule has 4 nitrogen and oxygen atoms in total. The number of carbonyl (C=O) groups excluding carboxylic acids is 1. The van der Waals surface area contributed by atoms with Crippen LogP contribution in [0.15, 0.2) is 36.9 Å². The summed E-state index contributed by atoms with van der Waals surface area (Å²) in [5.74, 6) is 1.25. The van der Waals surface area contributed by atoms with Gasteiger partial charge in [-0.1, -0.05) is 18.7 Å². The first-order chi connectivity index (χ1) is 9.62. The Labute approximate surface area is 120 Å². The Bertz CT molecular complexity index is 494. The molecule has 0 aliphatic rings. The van der Waals surface area contributed by atoms with Crippen molar-refractivity contribution in [3.63, 3.8) is 0 Å². The zero-order chi connectivity index (χ0) is 15.0. The molecule has 1 aromatic rings. The second-order valence-corrected chi connectivity index (χ2v) is 4.20. The van der Waals surface area contributed by atoms with E-state index < -0.39 is 0 Å². The lowest BCUT2D eigenvalue weighted by Gasteiger charge is -2.11. The van der Waals surface area contributed by atoms with Gasteiger partial charge < -0.3 is 14.4 Å². The average molecular weight is 275 g/mol. The third kappa shape index (κ3) is 4.46. The number of benzene rings is 1. The van der Waals surface area contributed by atoms with Gasteiger partial charge in [-0.25, -0.2) is 0 Å². The summed E-state index contributed by atoms with van der Waals surface area (Å²) in [7, 11) is 3.35. The summed E-state index contributed by atoms with van der Waals surface area (Å²) >= 11 is 0. The second-order valence-electron chi connectivity index (χ2n) is 4.20. The lowest BCUT2D eigenvalue weighted by atomic mass is 10.2. The van der Waals surface area contributed by atoms with Crippen molar-refractivity contribution in [2.75, 3.05) is 27.3 Å². The third-order valence-electron chi connectivity index (χ3n) is 2.81. The van der Waals surface area contributed by atoms with Gasteiger partial charge in [0.25, 0.3) is 0 Å². The molecule has 0 aliphatic heterocycles. The van der Waals surface area contributed by atoms with Crippen LogP contribution in [0.1, 0.15) is 12.5 Å². The maximum absolute atomic E-state index is 11.7. The van der Waals surface area contributed by atoms with Crippen LogP contribution in [0, 0.1) is 0 Å². The maximum Gasteiger partial charge on any atom is 0.246 e. The summed E-state index contributed by atoms with van der Waals surface area (Å²) in [6.07, 6.45) is 4.98. The van der Waals surface area contributed by atoms with Gasteiger partial charge in [0, 0.05) is 19.7 Å². The van der Waals surface area contributed by atoms with Gasteiger partial charge in [-0.3, -0.25) is 4.79 Å². The van der Waals surface area contributed by atoms with E-state index in [1.54, 1.807) is 37.3 Å². The van der Waals surface area contributed by atoms with Gasteiger partial charge in [0.05, 0.1) is 7.11 Å². The number of hydrogen-bond donors (Lipinski definition) is 0. The van der Waals surface area contributed by atoms with Crippen LogP contribution in [-0.2, 0) is 4.79 Å². The van der Waals surface area contributed by atoms with Crippen LogP contribution >= 0.6 is 0 Å². The summed E-state index contributed by atoms with van der Waals surface area (Å²) in [6, 6.07) is 5.51. The molecule has 1 aromatic carbocycles. The van der Waals surface area contributed by atoms with E-state index >= 15 is 0 Å². The minimum absolute atomic E-state index is 0.0292. The van der Waals surface area contributed by atoms with Crippen molar-refractivity contribution in [2.45, 2.75) is 6.92 Å². The van der Waals surface area contributed by atoms with Crippen molar-refractivity contribution in [3.8, 4) is 11.5 Å². The highest BCUT2D eigenvalue weighted by Gasteiger charge is 2.05. The van der Waals surface area contributed by atoms with Crippen LogP contribution in [-0.4, -0.2) is 38.1 Å². The molecular weight excluding hydrogens is 254 g/mol. The molecule has 0 saturated carbocycles. The number of rotatable bonds is 7. The van der Waals surface area contributed by atoms with E-state index in [-0.39, 0.29) is 5.91 Å². The van der Waals surface area contributed by atoms with E-state index in [1.807, 2.05) is 25.1 Å². The van der Waals surface area contributed by atoms with Crippen molar-refractivity contribution in [3.05, 3.63) is 42.5 Å². The SMILES string of the molecule is C=CCOc1ccc(/C=C/C(=O)N(C)CC)cc1OC. The number of amides is 1. The van der Waals surface area contributed by atoms with Gasteiger partial charge in [-0.15, -0.1) is 0 Å². The number of methoxy groups -OCH3 is 1. The van der Waals surface area contributed by atoms with Crippen LogP contribution < -0.4 is 9.47 Å². The summed E-state index contributed by atoms with van der Waals surface area (Å²) in [6.45, 7) is 6.64. The molecule has 4 heteroatoms. The molecule has 1 amide bonds. The molecule has 0 bridgehead atoms. The van der Waals surface area contributed by atoms with E-state index in [4.69, 9.17) is 9.47 Å². The van der Waals surface area contributed by atoms with Gasteiger partial charge in [0.2, 0.25) is 5.91 Å².